The van der Waals surface area contributed by atoms with Gasteiger partial charge in [-0.15, -0.1) is 0 Å². The molecule has 0 bridgehead atoms. The Hall–Kier alpha value is -0.550. The van der Waals surface area contributed by atoms with Crippen molar-refractivity contribution in [2.24, 2.45) is 5.92 Å². The van der Waals surface area contributed by atoms with Gasteiger partial charge in [0, 0.05) is 5.92 Å². The van der Waals surface area contributed by atoms with Crippen LogP contribution < -0.4 is 5.32 Å². The molecule has 17 heavy (non-hydrogen) atoms. The Balaban J connectivity index is 2.32. The number of hydrogen-bond acceptors (Lipinski definition) is 1. The largest absolute Gasteiger partial charge is 0.317 e. The van der Waals surface area contributed by atoms with E-state index in [0.29, 0.717) is 25.9 Å². The van der Waals surface area contributed by atoms with Crippen LogP contribution in [0.4, 0.5) is 13.2 Å². The molecule has 0 unspecified atom stereocenters. The van der Waals surface area contributed by atoms with Crippen LogP contribution in [0.5, 0.6) is 0 Å². The lowest BCUT2D eigenvalue weighted by atomic mass is 9.87. The zero-order chi connectivity index (χ0) is 12.5. The van der Waals surface area contributed by atoms with Gasteiger partial charge in [-0.2, -0.15) is 0 Å². The molecule has 1 aliphatic rings. The molecule has 0 amide bonds. The Morgan fingerprint density at radius 3 is 2.53 bits per heavy atom. The van der Waals surface area contributed by atoms with Crippen molar-refractivity contribution >= 4 is 15.9 Å². The SMILES string of the molecule is Fc1c(Br)cccc1C(F)(F)C1CCNCC1. The van der Waals surface area contributed by atoms with Crippen molar-refractivity contribution in [1.29, 1.82) is 0 Å². The van der Waals surface area contributed by atoms with Crippen molar-refractivity contribution in [3.05, 3.63) is 34.1 Å². The first-order valence-corrected chi connectivity index (χ1v) is 6.36. The van der Waals surface area contributed by atoms with Crippen molar-refractivity contribution in [1.82, 2.24) is 5.32 Å². The van der Waals surface area contributed by atoms with E-state index in [4.69, 9.17) is 0 Å². The monoisotopic (exact) mass is 307 g/mol. The number of halogens is 4. The highest BCUT2D eigenvalue weighted by atomic mass is 79.9. The van der Waals surface area contributed by atoms with Crippen LogP contribution in [-0.2, 0) is 5.92 Å². The second-order valence-corrected chi connectivity index (χ2v) is 5.10. The van der Waals surface area contributed by atoms with Gasteiger partial charge in [-0.25, -0.2) is 13.2 Å². The van der Waals surface area contributed by atoms with E-state index < -0.39 is 23.2 Å². The molecule has 2 rings (SSSR count). The lowest BCUT2D eigenvalue weighted by molar-refractivity contribution is -0.0780. The summed E-state index contributed by atoms with van der Waals surface area (Å²) in [4.78, 5) is 0. The van der Waals surface area contributed by atoms with Crippen LogP contribution in [0.1, 0.15) is 18.4 Å². The highest BCUT2D eigenvalue weighted by Crippen LogP contribution is 2.42. The number of nitrogens with one attached hydrogen (secondary N) is 1. The van der Waals surface area contributed by atoms with Crippen LogP contribution in [-0.4, -0.2) is 13.1 Å². The molecule has 0 radical (unpaired) electrons. The number of hydrogen-bond donors (Lipinski definition) is 1. The highest BCUT2D eigenvalue weighted by Gasteiger charge is 2.43. The number of piperidine rings is 1. The lowest BCUT2D eigenvalue weighted by Crippen LogP contribution is -2.37. The molecule has 1 heterocycles. The van der Waals surface area contributed by atoms with E-state index >= 15 is 0 Å². The molecule has 1 aromatic rings. The van der Waals surface area contributed by atoms with Gasteiger partial charge in [0.05, 0.1) is 10.0 Å². The van der Waals surface area contributed by atoms with Gasteiger partial charge < -0.3 is 5.32 Å². The summed E-state index contributed by atoms with van der Waals surface area (Å²) in [5.74, 6) is -4.74. The molecule has 1 N–H and O–H groups in total. The van der Waals surface area contributed by atoms with Gasteiger partial charge in [-0.3, -0.25) is 0 Å². The van der Waals surface area contributed by atoms with E-state index in [1.807, 2.05) is 0 Å². The minimum absolute atomic E-state index is 0.0867. The summed E-state index contributed by atoms with van der Waals surface area (Å²) in [5.41, 5.74) is -0.501. The molecule has 1 aromatic carbocycles. The van der Waals surface area contributed by atoms with E-state index in [-0.39, 0.29) is 4.47 Å². The van der Waals surface area contributed by atoms with E-state index in [0.717, 1.165) is 0 Å². The topological polar surface area (TPSA) is 12.0 Å². The molecule has 94 valence electrons. The molecule has 5 heteroatoms. The van der Waals surface area contributed by atoms with E-state index in [9.17, 15) is 13.2 Å². The number of rotatable bonds is 2. The second kappa shape index (κ2) is 4.98. The smallest absolute Gasteiger partial charge is 0.278 e. The standard InChI is InChI=1S/C12H13BrF3N/c13-10-3-1-2-9(11(10)14)12(15,16)8-4-6-17-7-5-8/h1-3,8,17H,4-7H2. The Labute approximate surface area is 107 Å². The summed E-state index contributed by atoms with van der Waals surface area (Å²) in [5, 5.41) is 3.03. The fourth-order valence-electron chi connectivity index (χ4n) is 2.17. The van der Waals surface area contributed by atoms with Crippen LogP contribution in [0, 0.1) is 11.7 Å². The zero-order valence-electron chi connectivity index (χ0n) is 9.15. The summed E-state index contributed by atoms with van der Waals surface area (Å²) in [6.07, 6.45) is 0.748. The molecule has 0 atom stereocenters. The molecule has 0 spiro atoms. The van der Waals surface area contributed by atoms with Crippen molar-refractivity contribution in [2.45, 2.75) is 18.8 Å². The van der Waals surface area contributed by atoms with Crippen LogP contribution in [0.3, 0.4) is 0 Å². The first kappa shape index (κ1) is 12.9. The molecule has 0 aliphatic carbocycles. The highest BCUT2D eigenvalue weighted by molar-refractivity contribution is 9.10. The van der Waals surface area contributed by atoms with Crippen molar-refractivity contribution in [2.75, 3.05) is 13.1 Å². The quantitative estimate of drug-likeness (QED) is 0.879. The van der Waals surface area contributed by atoms with Gasteiger partial charge in [0.2, 0.25) is 0 Å². The first-order chi connectivity index (χ1) is 8.03. The summed E-state index contributed by atoms with van der Waals surface area (Å²) in [6.45, 7) is 1.13. The third kappa shape index (κ3) is 2.50. The molecule has 0 aromatic heterocycles. The Morgan fingerprint density at radius 1 is 1.24 bits per heavy atom. The van der Waals surface area contributed by atoms with Gasteiger partial charge in [0.25, 0.3) is 5.92 Å². The fourth-order valence-corrected chi connectivity index (χ4v) is 2.53. The van der Waals surface area contributed by atoms with E-state index in [1.54, 1.807) is 0 Å². The lowest BCUT2D eigenvalue weighted by Gasteiger charge is -2.31. The summed E-state index contributed by atoms with van der Waals surface area (Å²) >= 11 is 2.94. The van der Waals surface area contributed by atoms with Gasteiger partial charge in [-0.1, -0.05) is 6.07 Å². The predicted molar refractivity (Wildman–Crippen MR) is 63.6 cm³/mol. The van der Waals surface area contributed by atoms with E-state index in [2.05, 4.69) is 21.2 Å². The zero-order valence-corrected chi connectivity index (χ0v) is 10.7. The third-order valence-corrected chi connectivity index (χ3v) is 3.78. The molecule has 1 fully saturated rings. The minimum atomic E-state index is -3.10. The normalized spacial score (nSPS) is 18.4. The summed E-state index contributed by atoms with van der Waals surface area (Å²) < 4.78 is 42.2. The Morgan fingerprint density at radius 2 is 1.88 bits per heavy atom. The maximum Gasteiger partial charge on any atom is 0.278 e. The predicted octanol–water partition coefficient (Wildman–Crippen LogP) is 3.68. The van der Waals surface area contributed by atoms with Crippen LogP contribution in [0.15, 0.2) is 22.7 Å². The van der Waals surface area contributed by atoms with Crippen molar-refractivity contribution < 1.29 is 13.2 Å². The maximum absolute atomic E-state index is 14.2. The van der Waals surface area contributed by atoms with Crippen LogP contribution in [0.25, 0.3) is 0 Å². The third-order valence-electron chi connectivity index (χ3n) is 3.16. The van der Waals surface area contributed by atoms with E-state index in [1.165, 1.54) is 18.2 Å². The van der Waals surface area contributed by atoms with Gasteiger partial charge >= 0.3 is 0 Å². The average Bonchev–Trinajstić information content (AvgIpc) is 2.33. The summed E-state index contributed by atoms with van der Waals surface area (Å²) in [7, 11) is 0. The number of alkyl halides is 2. The fraction of sp³-hybridized carbons (Fsp3) is 0.500. The Bertz CT molecular complexity index is 403. The molecular formula is C12H13BrF3N. The van der Waals surface area contributed by atoms with Crippen LogP contribution >= 0.6 is 15.9 Å². The molecule has 0 saturated carbocycles. The van der Waals surface area contributed by atoms with Gasteiger partial charge in [0.15, 0.2) is 0 Å². The molecule has 1 saturated heterocycles. The average molecular weight is 308 g/mol. The van der Waals surface area contributed by atoms with Gasteiger partial charge in [0.1, 0.15) is 5.82 Å². The van der Waals surface area contributed by atoms with Crippen molar-refractivity contribution in [3.63, 3.8) is 0 Å². The second-order valence-electron chi connectivity index (χ2n) is 4.25. The van der Waals surface area contributed by atoms with Crippen LogP contribution in [0.2, 0.25) is 0 Å². The number of benzene rings is 1. The van der Waals surface area contributed by atoms with Crippen molar-refractivity contribution in [3.8, 4) is 0 Å². The summed E-state index contributed by atoms with van der Waals surface area (Å²) in [6, 6.07) is 4.04. The molecular weight excluding hydrogens is 295 g/mol. The Kier molecular flexibility index (Phi) is 3.78. The molecule has 1 nitrogen and oxygen atoms in total. The first-order valence-electron chi connectivity index (χ1n) is 5.56. The minimum Gasteiger partial charge on any atom is -0.317 e. The van der Waals surface area contributed by atoms with Gasteiger partial charge in [-0.05, 0) is 54.0 Å². The molecule has 1 aliphatic heterocycles. The maximum atomic E-state index is 14.2.